The second-order valence-electron chi connectivity index (χ2n) is 9.38. The summed E-state index contributed by atoms with van der Waals surface area (Å²) in [7, 11) is 1.61. The number of nitrogens with zero attached hydrogens (tertiary/aromatic N) is 1. The Morgan fingerprint density at radius 1 is 1.12 bits per heavy atom. The maximum Gasteiger partial charge on any atom is 0.123 e. The summed E-state index contributed by atoms with van der Waals surface area (Å²) >= 11 is 0. The number of halogens is 1. The molecule has 0 amide bonds. The van der Waals surface area contributed by atoms with E-state index in [0.29, 0.717) is 24.5 Å². The van der Waals surface area contributed by atoms with Crippen LogP contribution in [-0.4, -0.2) is 22.8 Å². The largest absolute Gasteiger partial charge is 0.496 e. The van der Waals surface area contributed by atoms with E-state index in [-0.39, 0.29) is 11.7 Å². The molecule has 0 spiro atoms. The highest BCUT2D eigenvalue weighted by atomic mass is 19.1. The molecular formula is C28H42FNO2. The lowest BCUT2D eigenvalue weighted by Gasteiger charge is -2.36. The number of rotatable bonds is 8. The normalized spacial score (nSPS) is 17.1. The third-order valence-corrected chi connectivity index (χ3v) is 6.46. The molecule has 32 heavy (non-hydrogen) atoms. The topological polar surface area (TPSA) is 42.4 Å². The van der Waals surface area contributed by atoms with E-state index < -0.39 is 5.60 Å². The number of aliphatic hydroxyl groups is 1. The summed E-state index contributed by atoms with van der Waals surface area (Å²) in [5, 5.41) is 11.9. The van der Waals surface area contributed by atoms with Gasteiger partial charge in [0.25, 0.3) is 0 Å². The lowest BCUT2D eigenvalue weighted by Crippen LogP contribution is -2.36. The minimum atomic E-state index is -0.883. The van der Waals surface area contributed by atoms with Crippen molar-refractivity contribution in [2.45, 2.75) is 97.5 Å². The Labute approximate surface area is 194 Å². The molecule has 3 rings (SSSR count). The second-order valence-corrected chi connectivity index (χ2v) is 9.38. The van der Waals surface area contributed by atoms with Crippen molar-refractivity contribution in [3.63, 3.8) is 0 Å². The molecular weight excluding hydrogens is 401 g/mol. The first-order valence-corrected chi connectivity index (χ1v) is 12.3. The predicted molar refractivity (Wildman–Crippen MR) is 131 cm³/mol. The molecule has 1 fully saturated rings. The highest BCUT2D eigenvalue weighted by molar-refractivity contribution is 5.37. The molecule has 1 aliphatic rings. The summed E-state index contributed by atoms with van der Waals surface area (Å²) in [5.74, 6) is 0.907. The van der Waals surface area contributed by atoms with Gasteiger partial charge < -0.3 is 9.84 Å². The van der Waals surface area contributed by atoms with Crippen LogP contribution in [0.15, 0.2) is 30.3 Å². The van der Waals surface area contributed by atoms with Crippen LogP contribution in [0, 0.1) is 25.6 Å². The summed E-state index contributed by atoms with van der Waals surface area (Å²) in [5.41, 5.74) is 3.01. The van der Waals surface area contributed by atoms with Gasteiger partial charge in [-0.3, -0.25) is 4.98 Å². The molecule has 1 aliphatic carbocycles. The van der Waals surface area contributed by atoms with Crippen LogP contribution >= 0.6 is 0 Å². The summed E-state index contributed by atoms with van der Waals surface area (Å²) in [4.78, 5) is 4.70. The Morgan fingerprint density at radius 3 is 2.44 bits per heavy atom. The Bertz CT molecular complexity index is 827. The number of aromatic nitrogens is 1. The van der Waals surface area contributed by atoms with Gasteiger partial charge in [-0.25, -0.2) is 4.39 Å². The fourth-order valence-corrected chi connectivity index (χ4v) is 5.28. The number of hydrogen-bond acceptors (Lipinski definition) is 3. The van der Waals surface area contributed by atoms with Crippen molar-refractivity contribution in [1.29, 1.82) is 0 Å². The summed E-state index contributed by atoms with van der Waals surface area (Å²) in [6, 6.07) is 8.77. The van der Waals surface area contributed by atoms with Crippen LogP contribution in [0.25, 0.3) is 0 Å². The molecule has 2 unspecified atom stereocenters. The molecule has 178 valence electrons. The van der Waals surface area contributed by atoms with Gasteiger partial charge >= 0.3 is 0 Å². The van der Waals surface area contributed by atoms with Crippen molar-refractivity contribution >= 4 is 0 Å². The Balaban J connectivity index is 0.00000176. The zero-order chi connectivity index (χ0) is 23.7. The zero-order valence-electron chi connectivity index (χ0n) is 20.9. The minimum Gasteiger partial charge on any atom is -0.496 e. The maximum absolute atomic E-state index is 14.0. The van der Waals surface area contributed by atoms with E-state index in [9.17, 15) is 9.50 Å². The predicted octanol–water partition coefficient (Wildman–Crippen LogP) is 7.31. The van der Waals surface area contributed by atoms with Gasteiger partial charge in [0.1, 0.15) is 11.6 Å². The third-order valence-electron chi connectivity index (χ3n) is 6.46. The fourth-order valence-electron chi connectivity index (χ4n) is 5.28. The molecule has 3 nitrogen and oxygen atoms in total. The van der Waals surface area contributed by atoms with Gasteiger partial charge in [0.05, 0.1) is 12.7 Å². The molecule has 1 N–H and O–H groups in total. The highest BCUT2D eigenvalue weighted by Gasteiger charge is 2.34. The fraction of sp³-hybridized carbons (Fsp3) is 0.607. The van der Waals surface area contributed by atoms with E-state index in [2.05, 4.69) is 26.0 Å². The van der Waals surface area contributed by atoms with E-state index in [1.165, 1.54) is 38.2 Å². The Morgan fingerprint density at radius 2 is 1.81 bits per heavy atom. The van der Waals surface area contributed by atoms with Crippen molar-refractivity contribution in [3.05, 3.63) is 58.7 Å². The number of pyridine rings is 1. The number of aryl methyl sites for hydroxylation is 2. The lowest BCUT2D eigenvalue weighted by atomic mass is 9.74. The molecule has 0 aliphatic heterocycles. The molecule has 1 heterocycles. The van der Waals surface area contributed by atoms with Crippen LogP contribution in [0.2, 0.25) is 0 Å². The van der Waals surface area contributed by atoms with Gasteiger partial charge in [-0.2, -0.15) is 0 Å². The van der Waals surface area contributed by atoms with E-state index in [1.807, 2.05) is 20.8 Å². The van der Waals surface area contributed by atoms with Crippen LogP contribution in [0.3, 0.4) is 0 Å². The van der Waals surface area contributed by atoms with Gasteiger partial charge in [-0.1, -0.05) is 52.9 Å². The quantitative estimate of drug-likeness (QED) is 0.465. The molecule has 0 radical (unpaired) electrons. The smallest absolute Gasteiger partial charge is 0.123 e. The second kappa shape index (κ2) is 12.3. The molecule has 2 aromatic rings. The highest BCUT2D eigenvalue weighted by Crippen LogP contribution is 2.39. The molecule has 0 saturated heterocycles. The SMILES string of the molecule is CC.COc1ccc(F)cc1C(C)CC(O)(Cc1cc(C)cc(C)n1)CC1CCCCC1. The molecule has 1 saturated carbocycles. The van der Waals surface area contributed by atoms with Crippen molar-refractivity contribution in [3.8, 4) is 5.75 Å². The summed E-state index contributed by atoms with van der Waals surface area (Å²) < 4.78 is 19.4. The molecule has 0 bridgehead atoms. The Hall–Kier alpha value is -1.94. The monoisotopic (exact) mass is 443 g/mol. The summed E-state index contributed by atoms with van der Waals surface area (Å²) in [6.07, 6.45) is 7.99. The summed E-state index contributed by atoms with van der Waals surface area (Å²) in [6.45, 7) is 10.1. The van der Waals surface area contributed by atoms with Gasteiger partial charge in [-0.15, -0.1) is 0 Å². The minimum absolute atomic E-state index is 0.0323. The van der Waals surface area contributed by atoms with Gasteiger partial charge in [0, 0.05) is 17.8 Å². The van der Waals surface area contributed by atoms with Crippen LogP contribution in [0.1, 0.15) is 94.1 Å². The van der Waals surface area contributed by atoms with Gasteiger partial charge in [0.2, 0.25) is 0 Å². The third kappa shape index (κ3) is 7.58. The van der Waals surface area contributed by atoms with Crippen LogP contribution in [0.4, 0.5) is 4.39 Å². The standard InChI is InChI=1S/C26H36FNO2.C2H6/c1-18-12-20(3)28-23(13-18)17-26(29,16-21-8-6-5-7-9-21)15-19(2)24-14-22(27)10-11-25(24)30-4;1-2/h10-14,19,21,29H,5-9,15-17H2,1-4H3;1-2H3. The number of hydrogen-bond donors (Lipinski definition) is 1. The first kappa shape index (κ1) is 26.3. The molecule has 4 heteroatoms. The van der Waals surface area contributed by atoms with E-state index in [4.69, 9.17) is 9.72 Å². The first-order chi connectivity index (χ1) is 15.3. The van der Waals surface area contributed by atoms with Crippen molar-refractivity contribution in [2.24, 2.45) is 5.92 Å². The zero-order valence-corrected chi connectivity index (χ0v) is 20.9. The first-order valence-electron chi connectivity index (χ1n) is 12.3. The van der Waals surface area contributed by atoms with Crippen molar-refractivity contribution < 1.29 is 14.2 Å². The molecule has 2 atom stereocenters. The van der Waals surface area contributed by atoms with Crippen LogP contribution < -0.4 is 4.74 Å². The van der Waals surface area contributed by atoms with Gasteiger partial charge in [-0.05, 0) is 80.0 Å². The van der Waals surface area contributed by atoms with Crippen molar-refractivity contribution in [1.82, 2.24) is 4.98 Å². The van der Waals surface area contributed by atoms with E-state index >= 15 is 0 Å². The maximum atomic E-state index is 14.0. The molecule has 1 aromatic carbocycles. The number of methoxy groups -OCH3 is 1. The van der Waals surface area contributed by atoms with Crippen LogP contribution in [0.5, 0.6) is 5.75 Å². The van der Waals surface area contributed by atoms with Crippen molar-refractivity contribution in [2.75, 3.05) is 7.11 Å². The van der Waals surface area contributed by atoms with Gasteiger partial charge in [0.15, 0.2) is 0 Å². The lowest BCUT2D eigenvalue weighted by molar-refractivity contribution is -0.00355. The number of ether oxygens (including phenoxy) is 1. The van der Waals surface area contributed by atoms with E-state index in [1.54, 1.807) is 19.2 Å². The van der Waals surface area contributed by atoms with Crippen LogP contribution in [-0.2, 0) is 6.42 Å². The Kier molecular flexibility index (Phi) is 10.1. The average Bonchev–Trinajstić information content (AvgIpc) is 2.74. The number of benzene rings is 1. The molecule has 1 aromatic heterocycles. The average molecular weight is 444 g/mol. The van der Waals surface area contributed by atoms with E-state index in [0.717, 1.165) is 28.9 Å².